The van der Waals surface area contributed by atoms with Crippen molar-refractivity contribution in [2.75, 3.05) is 36.7 Å². The Morgan fingerprint density at radius 1 is 1.50 bits per heavy atom. The van der Waals surface area contributed by atoms with Crippen molar-refractivity contribution in [2.45, 2.75) is 0 Å². The number of nitrogens with zero attached hydrogens (tertiary/aromatic N) is 1. The zero-order valence-corrected chi connectivity index (χ0v) is 11.0. The van der Waals surface area contributed by atoms with Crippen LogP contribution in [0.25, 0.3) is 0 Å². The topological polar surface area (TPSA) is 111 Å². The summed E-state index contributed by atoms with van der Waals surface area (Å²) in [6.45, 7) is 0.167. The first-order chi connectivity index (χ1) is 8.33. The van der Waals surface area contributed by atoms with Gasteiger partial charge in [-0.25, -0.2) is 18.2 Å². The zero-order chi connectivity index (χ0) is 13.8. The number of anilines is 2. The van der Waals surface area contributed by atoms with Gasteiger partial charge in [-0.1, -0.05) is 0 Å². The first-order valence-corrected chi connectivity index (χ1v) is 7.16. The Bertz CT molecular complexity index is 542. The van der Waals surface area contributed by atoms with Crippen LogP contribution in [-0.2, 0) is 14.6 Å². The molecule has 0 saturated carbocycles. The van der Waals surface area contributed by atoms with Gasteiger partial charge >= 0.3 is 5.97 Å². The Labute approximate surface area is 105 Å². The molecule has 0 aliphatic rings. The fraction of sp³-hybridized carbons (Fsp3) is 0.400. The van der Waals surface area contributed by atoms with Crippen LogP contribution in [0.15, 0.2) is 12.1 Å². The van der Waals surface area contributed by atoms with Crippen molar-refractivity contribution in [3.8, 4) is 0 Å². The largest absolute Gasteiger partial charge is 0.464 e. The summed E-state index contributed by atoms with van der Waals surface area (Å²) in [6.07, 6.45) is 1.14. The van der Waals surface area contributed by atoms with Crippen molar-refractivity contribution >= 4 is 27.3 Å². The number of rotatable bonds is 5. The SMILES string of the molecule is COC(=O)c1ccc(N)c(NCCS(C)(=O)=O)n1. The van der Waals surface area contributed by atoms with Crippen molar-refractivity contribution in [2.24, 2.45) is 0 Å². The molecule has 1 aromatic rings. The predicted molar refractivity (Wildman–Crippen MR) is 68.2 cm³/mol. The van der Waals surface area contributed by atoms with E-state index in [0.29, 0.717) is 5.69 Å². The summed E-state index contributed by atoms with van der Waals surface area (Å²) < 4.78 is 26.4. The molecule has 0 aromatic carbocycles. The molecule has 7 nitrogen and oxygen atoms in total. The number of aromatic nitrogens is 1. The van der Waals surface area contributed by atoms with Crippen LogP contribution in [0.2, 0.25) is 0 Å². The molecule has 0 bridgehead atoms. The van der Waals surface area contributed by atoms with Crippen molar-refractivity contribution < 1.29 is 17.9 Å². The Morgan fingerprint density at radius 2 is 2.17 bits per heavy atom. The third-order valence-electron chi connectivity index (χ3n) is 2.09. The maximum absolute atomic E-state index is 11.3. The van der Waals surface area contributed by atoms with E-state index in [2.05, 4.69) is 15.0 Å². The van der Waals surface area contributed by atoms with E-state index in [9.17, 15) is 13.2 Å². The highest BCUT2D eigenvalue weighted by atomic mass is 32.2. The van der Waals surface area contributed by atoms with Gasteiger partial charge in [0, 0.05) is 12.8 Å². The summed E-state index contributed by atoms with van der Waals surface area (Å²) in [5, 5.41) is 2.77. The van der Waals surface area contributed by atoms with E-state index in [0.717, 1.165) is 6.26 Å². The minimum absolute atomic E-state index is 0.0451. The van der Waals surface area contributed by atoms with Crippen molar-refractivity contribution in [1.29, 1.82) is 0 Å². The number of esters is 1. The van der Waals surface area contributed by atoms with E-state index >= 15 is 0 Å². The summed E-state index contributed by atoms with van der Waals surface area (Å²) in [5.74, 6) is -0.362. The Balaban J connectivity index is 2.79. The minimum atomic E-state index is -3.06. The number of nitrogens with two attached hydrogens (primary N) is 1. The summed E-state index contributed by atoms with van der Waals surface area (Å²) >= 11 is 0. The summed E-state index contributed by atoms with van der Waals surface area (Å²) in [7, 11) is -1.81. The van der Waals surface area contributed by atoms with Gasteiger partial charge in [0.1, 0.15) is 15.7 Å². The molecule has 8 heteroatoms. The van der Waals surface area contributed by atoms with Gasteiger partial charge in [-0.3, -0.25) is 0 Å². The maximum Gasteiger partial charge on any atom is 0.356 e. The van der Waals surface area contributed by atoms with Crippen LogP contribution in [0.5, 0.6) is 0 Å². The highest BCUT2D eigenvalue weighted by Crippen LogP contribution is 2.15. The number of ether oxygens (including phenoxy) is 1. The third kappa shape index (κ3) is 4.21. The molecule has 0 aliphatic heterocycles. The number of methoxy groups -OCH3 is 1. The number of hydrogen-bond donors (Lipinski definition) is 2. The first-order valence-electron chi connectivity index (χ1n) is 5.10. The monoisotopic (exact) mass is 273 g/mol. The average Bonchev–Trinajstić information content (AvgIpc) is 2.29. The Morgan fingerprint density at radius 3 is 2.72 bits per heavy atom. The molecular weight excluding hydrogens is 258 g/mol. The molecule has 0 atom stereocenters. The molecule has 18 heavy (non-hydrogen) atoms. The van der Waals surface area contributed by atoms with Gasteiger partial charge in [0.25, 0.3) is 0 Å². The van der Waals surface area contributed by atoms with E-state index in [1.165, 1.54) is 19.2 Å². The lowest BCUT2D eigenvalue weighted by Crippen LogP contribution is -2.16. The van der Waals surface area contributed by atoms with E-state index in [1.54, 1.807) is 0 Å². The van der Waals surface area contributed by atoms with Crippen LogP contribution in [0.1, 0.15) is 10.5 Å². The molecule has 1 heterocycles. The number of nitrogens with one attached hydrogen (secondary N) is 1. The van der Waals surface area contributed by atoms with E-state index in [1.807, 2.05) is 0 Å². The predicted octanol–water partition coefficient (Wildman–Crippen LogP) is -0.0931. The lowest BCUT2D eigenvalue weighted by atomic mass is 10.3. The number of hydrogen-bond acceptors (Lipinski definition) is 7. The number of nitrogen functional groups attached to an aromatic ring is 1. The number of carbonyl (C=O) groups is 1. The van der Waals surface area contributed by atoms with Crippen LogP contribution in [-0.4, -0.2) is 45.0 Å². The summed E-state index contributed by atoms with van der Waals surface area (Å²) in [5.41, 5.74) is 6.09. The van der Waals surface area contributed by atoms with Gasteiger partial charge in [-0.15, -0.1) is 0 Å². The van der Waals surface area contributed by atoms with Gasteiger partial charge in [0.15, 0.2) is 5.69 Å². The molecule has 0 unspecified atom stereocenters. The minimum Gasteiger partial charge on any atom is -0.464 e. The van der Waals surface area contributed by atoms with E-state index < -0.39 is 15.8 Å². The second-order valence-electron chi connectivity index (χ2n) is 3.68. The third-order valence-corrected chi connectivity index (χ3v) is 3.03. The standard InChI is InChI=1S/C10H15N3O4S/c1-17-10(14)8-4-3-7(11)9(13-8)12-5-6-18(2,15)16/h3-4H,5-6,11H2,1-2H3,(H,12,13). The van der Waals surface area contributed by atoms with Gasteiger partial charge in [0.2, 0.25) is 0 Å². The molecule has 100 valence electrons. The normalized spacial score (nSPS) is 11.0. The zero-order valence-electron chi connectivity index (χ0n) is 10.1. The fourth-order valence-corrected chi connectivity index (χ4v) is 1.66. The van der Waals surface area contributed by atoms with E-state index in [4.69, 9.17) is 5.73 Å². The highest BCUT2D eigenvalue weighted by Gasteiger charge is 2.10. The molecule has 0 spiro atoms. The molecule has 1 rings (SSSR count). The number of sulfone groups is 1. The summed E-state index contributed by atoms with van der Waals surface area (Å²) in [6, 6.07) is 2.94. The van der Waals surface area contributed by atoms with Crippen LogP contribution in [0.3, 0.4) is 0 Å². The summed E-state index contributed by atoms with van der Waals surface area (Å²) in [4.78, 5) is 15.2. The fourth-order valence-electron chi connectivity index (χ4n) is 1.18. The van der Waals surface area contributed by atoms with E-state index in [-0.39, 0.29) is 23.8 Å². The van der Waals surface area contributed by atoms with Crippen LogP contribution in [0, 0.1) is 0 Å². The molecule has 0 amide bonds. The second kappa shape index (κ2) is 5.67. The Kier molecular flexibility index (Phi) is 4.49. The average molecular weight is 273 g/mol. The van der Waals surface area contributed by atoms with Crippen LogP contribution in [0.4, 0.5) is 11.5 Å². The second-order valence-corrected chi connectivity index (χ2v) is 5.94. The van der Waals surface area contributed by atoms with Gasteiger partial charge < -0.3 is 15.8 Å². The quantitative estimate of drug-likeness (QED) is 0.721. The number of carbonyl (C=O) groups excluding carboxylic acids is 1. The first kappa shape index (κ1) is 14.2. The maximum atomic E-state index is 11.3. The Hall–Kier alpha value is -1.83. The van der Waals surface area contributed by atoms with Crippen molar-refractivity contribution in [1.82, 2.24) is 4.98 Å². The van der Waals surface area contributed by atoms with Crippen LogP contribution < -0.4 is 11.1 Å². The lowest BCUT2D eigenvalue weighted by molar-refractivity contribution is 0.0594. The molecule has 3 N–H and O–H groups in total. The van der Waals surface area contributed by atoms with Gasteiger partial charge in [-0.2, -0.15) is 0 Å². The molecule has 0 aliphatic carbocycles. The van der Waals surface area contributed by atoms with Crippen molar-refractivity contribution in [3.63, 3.8) is 0 Å². The molecule has 0 fully saturated rings. The van der Waals surface area contributed by atoms with Gasteiger partial charge in [0.05, 0.1) is 18.6 Å². The molecule has 0 radical (unpaired) electrons. The smallest absolute Gasteiger partial charge is 0.356 e. The lowest BCUT2D eigenvalue weighted by Gasteiger charge is -2.08. The van der Waals surface area contributed by atoms with Crippen molar-refractivity contribution in [3.05, 3.63) is 17.8 Å². The molecule has 1 aromatic heterocycles. The highest BCUT2D eigenvalue weighted by molar-refractivity contribution is 7.90. The van der Waals surface area contributed by atoms with Crippen LogP contribution >= 0.6 is 0 Å². The molecule has 0 saturated heterocycles. The molecular formula is C10H15N3O4S. The van der Waals surface area contributed by atoms with Gasteiger partial charge in [-0.05, 0) is 12.1 Å². The number of pyridine rings is 1.